The van der Waals surface area contributed by atoms with Crippen LogP contribution in [0.3, 0.4) is 0 Å². The van der Waals surface area contributed by atoms with Gasteiger partial charge < -0.3 is 9.73 Å². The largest absolute Gasteiger partial charge is 0.464 e. The van der Waals surface area contributed by atoms with E-state index < -0.39 is 0 Å². The van der Waals surface area contributed by atoms with E-state index in [1.54, 1.807) is 0 Å². The molecule has 2 heterocycles. The molecule has 1 saturated heterocycles. The van der Waals surface area contributed by atoms with E-state index in [1.165, 1.54) is 37.3 Å². The minimum absolute atomic E-state index is 0.438. The third-order valence-corrected chi connectivity index (χ3v) is 5.21. The van der Waals surface area contributed by atoms with Gasteiger partial charge in [-0.2, -0.15) is 0 Å². The van der Waals surface area contributed by atoms with E-state index in [0.29, 0.717) is 23.9 Å². The first kappa shape index (κ1) is 15.1. The summed E-state index contributed by atoms with van der Waals surface area (Å²) in [7, 11) is 2.24. The molecule has 1 aliphatic heterocycles. The zero-order valence-electron chi connectivity index (χ0n) is 13.9. The van der Waals surface area contributed by atoms with Gasteiger partial charge in [0.15, 0.2) is 0 Å². The maximum Gasteiger partial charge on any atom is 0.121 e. The van der Waals surface area contributed by atoms with Crippen LogP contribution < -0.4 is 5.32 Å². The number of piperidine rings is 1. The number of furan rings is 1. The number of rotatable bonds is 5. The van der Waals surface area contributed by atoms with Crippen molar-refractivity contribution in [1.82, 2.24) is 10.2 Å². The second-order valence-electron chi connectivity index (χ2n) is 7.45. The Labute approximate surface area is 129 Å². The molecule has 1 saturated carbocycles. The normalized spacial score (nSPS) is 33.6. The fourth-order valence-electron chi connectivity index (χ4n) is 3.76. The molecular weight excluding hydrogens is 260 g/mol. The van der Waals surface area contributed by atoms with E-state index in [4.69, 9.17) is 4.42 Å². The fraction of sp³-hybridized carbons (Fsp3) is 0.778. The van der Waals surface area contributed by atoms with Crippen molar-refractivity contribution in [3.63, 3.8) is 0 Å². The Morgan fingerprint density at radius 3 is 2.71 bits per heavy atom. The van der Waals surface area contributed by atoms with Crippen LogP contribution in [0.4, 0.5) is 0 Å². The lowest BCUT2D eigenvalue weighted by Crippen LogP contribution is -2.41. The summed E-state index contributed by atoms with van der Waals surface area (Å²) in [6, 6.07) is 5.44. The molecule has 1 aliphatic carbocycles. The molecule has 0 spiro atoms. The lowest BCUT2D eigenvalue weighted by Gasteiger charge is -2.38. The zero-order valence-corrected chi connectivity index (χ0v) is 13.9. The lowest BCUT2D eigenvalue weighted by molar-refractivity contribution is 0.0987. The molecular formula is C18H30N2O. The van der Waals surface area contributed by atoms with Gasteiger partial charge in [-0.15, -0.1) is 0 Å². The Morgan fingerprint density at radius 2 is 2.05 bits per heavy atom. The van der Waals surface area contributed by atoms with Crippen LogP contribution in [-0.4, -0.2) is 31.1 Å². The van der Waals surface area contributed by atoms with Crippen LogP contribution >= 0.6 is 0 Å². The first-order valence-corrected chi connectivity index (χ1v) is 8.59. The minimum atomic E-state index is 0.438. The Balaban J connectivity index is 1.73. The molecule has 2 aliphatic rings. The molecule has 0 radical (unpaired) electrons. The lowest BCUT2D eigenvalue weighted by atomic mass is 9.87. The third-order valence-electron chi connectivity index (χ3n) is 5.21. The molecule has 1 aromatic rings. The van der Waals surface area contributed by atoms with E-state index in [1.807, 2.05) is 0 Å². The second-order valence-corrected chi connectivity index (χ2v) is 7.45. The Bertz CT molecular complexity index is 468. The van der Waals surface area contributed by atoms with Crippen molar-refractivity contribution in [1.29, 1.82) is 0 Å². The Hall–Kier alpha value is -0.800. The van der Waals surface area contributed by atoms with Gasteiger partial charge >= 0.3 is 0 Å². The summed E-state index contributed by atoms with van der Waals surface area (Å²) in [6.07, 6.45) is 3.89. The summed E-state index contributed by atoms with van der Waals surface area (Å²) in [4.78, 5) is 2.48. The van der Waals surface area contributed by atoms with Crippen LogP contribution in [0.5, 0.6) is 0 Å². The van der Waals surface area contributed by atoms with E-state index in [0.717, 1.165) is 12.5 Å². The number of likely N-dealkylation sites (tertiary alicyclic amines) is 1. The molecule has 1 aromatic heterocycles. The van der Waals surface area contributed by atoms with Crippen molar-refractivity contribution in [2.24, 2.45) is 11.8 Å². The summed E-state index contributed by atoms with van der Waals surface area (Å²) >= 11 is 0. The van der Waals surface area contributed by atoms with Crippen molar-refractivity contribution in [3.05, 3.63) is 23.7 Å². The van der Waals surface area contributed by atoms with Crippen molar-refractivity contribution in [2.75, 3.05) is 20.1 Å². The molecule has 3 heteroatoms. The Morgan fingerprint density at radius 1 is 1.33 bits per heavy atom. The molecule has 21 heavy (non-hydrogen) atoms. The summed E-state index contributed by atoms with van der Waals surface area (Å²) in [5.41, 5.74) is 0. The SMILES string of the molecule is CC(C)NCC1CCCN(C)C1c1ccc(C2CC2C)o1. The Kier molecular flexibility index (Phi) is 4.41. The highest BCUT2D eigenvalue weighted by atomic mass is 16.3. The van der Waals surface area contributed by atoms with E-state index >= 15 is 0 Å². The highest BCUT2D eigenvalue weighted by molar-refractivity contribution is 5.20. The smallest absolute Gasteiger partial charge is 0.121 e. The van der Waals surface area contributed by atoms with Gasteiger partial charge in [0.25, 0.3) is 0 Å². The van der Waals surface area contributed by atoms with Crippen molar-refractivity contribution >= 4 is 0 Å². The summed E-state index contributed by atoms with van der Waals surface area (Å²) < 4.78 is 6.26. The van der Waals surface area contributed by atoms with Crippen molar-refractivity contribution in [3.8, 4) is 0 Å². The molecule has 0 amide bonds. The molecule has 4 unspecified atom stereocenters. The molecule has 4 atom stereocenters. The van der Waals surface area contributed by atoms with Crippen LogP contribution in [0.15, 0.2) is 16.5 Å². The molecule has 0 bridgehead atoms. The molecule has 1 N–H and O–H groups in total. The average molecular weight is 290 g/mol. The van der Waals surface area contributed by atoms with Gasteiger partial charge in [0.05, 0.1) is 6.04 Å². The van der Waals surface area contributed by atoms with Gasteiger partial charge in [-0.1, -0.05) is 20.8 Å². The second kappa shape index (κ2) is 6.13. The fourth-order valence-corrected chi connectivity index (χ4v) is 3.76. The quantitative estimate of drug-likeness (QED) is 0.894. The van der Waals surface area contributed by atoms with Crippen LogP contribution in [0.1, 0.15) is 63.5 Å². The maximum absolute atomic E-state index is 6.26. The highest BCUT2D eigenvalue weighted by Crippen LogP contribution is 2.48. The zero-order chi connectivity index (χ0) is 15.0. The van der Waals surface area contributed by atoms with Crippen LogP contribution in [0.25, 0.3) is 0 Å². The van der Waals surface area contributed by atoms with E-state index in [9.17, 15) is 0 Å². The van der Waals surface area contributed by atoms with Gasteiger partial charge in [-0.05, 0) is 56.8 Å². The van der Waals surface area contributed by atoms with E-state index in [-0.39, 0.29) is 0 Å². The minimum Gasteiger partial charge on any atom is -0.464 e. The van der Waals surface area contributed by atoms with Gasteiger partial charge in [0.1, 0.15) is 11.5 Å². The average Bonchev–Trinajstić information content (AvgIpc) is 2.98. The van der Waals surface area contributed by atoms with Crippen LogP contribution in [0, 0.1) is 11.8 Å². The van der Waals surface area contributed by atoms with Gasteiger partial charge in [0.2, 0.25) is 0 Å². The molecule has 2 fully saturated rings. The first-order valence-electron chi connectivity index (χ1n) is 8.59. The van der Waals surface area contributed by atoms with Gasteiger partial charge in [-0.3, -0.25) is 4.90 Å². The number of hydrogen-bond acceptors (Lipinski definition) is 3. The molecule has 118 valence electrons. The molecule has 3 rings (SSSR count). The highest BCUT2D eigenvalue weighted by Gasteiger charge is 2.38. The summed E-state index contributed by atoms with van der Waals surface area (Å²) in [5.74, 6) is 4.54. The maximum atomic E-state index is 6.26. The predicted octanol–water partition coefficient (Wildman–Crippen LogP) is 3.78. The molecule has 0 aromatic carbocycles. The van der Waals surface area contributed by atoms with E-state index in [2.05, 4.69) is 50.2 Å². The van der Waals surface area contributed by atoms with Crippen molar-refractivity contribution in [2.45, 2.75) is 58.0 Å². The third kappa shape index (κ3) is 3.35. The van der Waals surface area contributed by atoms with Gasteiger partial charge in [0, 0.05) is 18.5 Å². The topological polar surface area (TPSA) is 28.4 Å². The predicted molar refractivity (Wildman–Crippen MR) is 86.5 cm³/mol. The molecule has 3 nitrogen and oxygen atoms in total. The summed E-state index contributed by atoms with van der Waals surface area (Å²) in [5, 5.41) is 3.62. The summed E-state index contributed by atoms with van der Waals surface area (Å²) in [6.45, 7) is 9.03. The van der Waals surface area contributed by atoms with Crippen molar-refractivity contribution < 1.29 is 4.42 Å². The number of nitrogens with zero attached hydrogens (tertiary/aromatic N) is 1. The van der Waals surface area contributed by atoms with Crippen LogP contribution in [-0.2, 0) is 0 Å². The standard InChI is InChI=1S/C18H30N2O/c1-12(2)19-11-14-6-5-9-20(4)18(14)17-8-7-16(21-17)15-10-13(15)3/h7-8,12-15,18-19H,5-6,9-11H2,1-4H3. The number of hydrogen-bond donors (Lipinski definition) is 1. The first-order chi connectivity index (χ1) is 10.1. The van der Waals surface area contributed by atoms with Gasteiger partial charge in [-0.25, -0.2) is 0 Å². The monoisotopic (exact) mass is 290 g/mol. The number of nitrogens with one attached hydrogen (secondary N) is 1. The van der Waals surface area contributed by atoms with Crippen LogP contribution in [0.2, 0.25) is 0 Å².